The number of carbonyl (C=O) groups is 1. The lowest BCUT2D eigenvalue weighted by atomic mass is 10.2. The summed E-state index contributed by atoms with van der Waals surface area (Å²) in [5.74, 6) is -0.165. The van der Waals surface area contributed by atoms with Crippen LogP contribution < -0.4 is 10.9 Å². The van der Waals surface area contributed by atoms with Gasteiger partial charge >= 0.3 is 0 Å². The van der Waals surface area contributed by atoms with Gasteiger partial charge in [-0.15, -0.1) is 0 Å². The van der Waals surface area contributed by atoms with Crippen LogP contribution in [-0.2, 0) is 11.3 Å². The molecule has 0 saturated carbocycles. The van der Waals surface area contributed by atoms with E-state index in [0.29, 0.717) is 29.0 Å². The van der Waals surface area contributed by atoms with E-state index in [1.165, 1.54) is 16.3 Å². The van der Waals surface area contributed by atoms with Crippen LogP contribution in [0.3, 0.4) is 0 Å². The summed E-state index contributed by atoms with van der Waals surface area (Å²) in [6.45, 7) is 2.11. The Bertz CT molecular complexity index is 989. The number of nitrogens with zero attached hydrogens (tertiary/aromatic N) is 2. The number of anilines is 1. The van der Waals surface area contributed by atoms with Gasteiger partial charge in [0.1, 0.15) is 0 Å². The molecule has 27 heavy (non-hydrogen) atoms. The lowest BCUT2D eigenvalue weighted by Crippen LogP contribution is -2.27. The number of amides is 1. The van der Waals surface area contributed by atoms with Crippen LogP contribution in [0.15, 0.2) is 64.5 Å². The molecule has 0 spiro atoms. The topological polar surface area (TPSA) is 84.2 Å². The molecule has 1 atom stereocenters. The summed E-state index contributed by atoms with van der Waals surface area (Å²) in [4.78, 5) is 29.9. The minimum atomic E-state index is -0.446. The van der Waals surface area contributed by atoms with Crippen molar-refractivity contribution in [3.8, 4) is 0 Å². The van der Waals surface area contributed by atoms with Crippen molar-refractivity contribution in [1.82, 2.24) is 9.55 Å². The van der Waals surface area contributed by atoms with E-state index in [4.69, 9.17) is 5.11 Å². The van der Waals surface area contributed by atoms with Crippen molar-refractivity contribution in [3.05, 3.63) is 65.0 Å². The van der Waals surface area contributed by atoms with Gasteiger partial charge in [-0.25, -0.2) is 4.98 Å². The molecule has 0 unspecified atom stereocenters. The summed E-state index contributed by atoms with van der Waals surface area (Å²) in [6.07, 6.45) is 0.443. The number of benzene rings is 2. The molecule has 0 saturated heterocycles. The van der Waals surface area contributed by atoms with Gasteiger partial charge in [0.2, 0.25) is 5.91 Å². The zero-order valence-electron chi connectivity index (χ0n) is 15.0. The molecule has 0 aliphatic heterocycles. The van der Waals surface area contributed by atoms with Crippen molar-refractivity contribution in [2.24, 2.45) is 0 Å². The number of aliphatic hydroxyl groups excluding tert-OH is 1. The van der Waals surface area contributed by atoms with Crippen LogP contribution in [0, 0.1) is 0 Å². The van der Waals surface area contributed by atoms with Crippen LogP contribution in [0.4, 0.5) is 5.69 Å². The van der Waals surface area contributed by atoms with Gasteiger partial charge in [0.15, 0.2) is 5.16 Å². The molecule has 1 amide bonds. The van der Waals surface area contributed by atoms with E-state index in [0.717, 1.165) is 5.69 Å². The molecule has 0 fully saturated rings. The van der Waals surface area contributed by atoms with Crippen molar-refractivity contribution in [2.45, 2.75) is 30.3 Å². The van der Waals surface area contributed by atoms with Crippen molar-refractivity contribution < 1.29 is 9.90 Å². The normalized spacial score (nSPS) is 12.1. The third kappa shape index (κ3) is 4.56. The number of hydrogen-bond donors (Lipinski definition) is 2. The van der Waals surface area contributed by atoms with Gasteiger partial charge in [-0.2, -0.15) is 0 Å². The Morgan fingerprint density at radius 1 is 1.19 bits per heavy atom. The molecule has 2 aromatic carbocycles. The van der Waals surface area contributed by atoms with Crippen LogP contribution in [0.25, 0.3) is 10.9 Å². The first kappa shape index (κ1) is 19.1. The Hall–Kier alpha value is -2.64. The van der Waals surface area contributed by atoms with Crippen molar-refractivity contribution in [1.29, 1.82) is 0 Å². The SMILES string of the molecule is C[C@@H](Sc1nc2ccccc2c(=O)n1CCCO)C(=O)Nc1ccccc1. The Kier molecular flexibility index (Phi) is 6.26. The molecule has 3 rings (SSSR count). The van der Waals surface area contributed by atoms with Gasteiger partial charge in [-0.1, -0.05) is 42.1 Å². The molecule has 0 bridgehead atoms. The Morgan fingerprint density at radius 2 is 1.89 bits per heavy atom. The monoisotopic (exact) mass is 383 g/mol. The average Bonchev–Trinajstić information content (AvgIpc) is 2.68. The number of hydrogen-bond acceptors (Lipinski definition) is 5. The van der Waals surface area contributed by atoms with Crippen molar-refractivity contribution in [3.63, 3.8) is 0 Å². The Labute approximate surface area is 161 Å². The van der Waals surface area contributed by atoms with Gasteiger partial charge in [-0.05, 0) is 37.6 Å². The second-order valence-corrected chi connectivity index (χ2v) is 7.37. The smallest absolute Gasteiger partial charge is 0.262 e. The zero-order valence-corrected chi connectivity index (χ0v) is 15.8. The van der Waals surface area contributed by atoms with Gasteiger partial charge < -0.3 is 10.4 Å². The molecule has 0 aliphatic carbocycles. The molecule has 1 heterocycles. The number of carbonyl (C=O) groups excluding carboxylic acids is 1. The second kappa shape index (κ2) is 8.83. The van der Waals surface area contributed by atoms with Crippen LogP contribution >= 0.6 is 11.8 Å². The molecular weight excluding hydrogens is 362 g/mol. The van der Waals surface area contributed by atoms with Crippen LogP contribution in [0.2, 0.25) is 0 Å². The van der Waals surface area contributed by atoms with Gasteiger partial charge in [0.05, 0.1) is 16.2 Å². The number of thioether (sulfide) groups is 1. The molecule has 3 aromatic rings. The highest BCUT2D eigenvalue weighted by Crippen LogP contribution is 2.23. The highest BCUT2D eigenvalue weighted by molar-refractivity contribution is 8.00. The third-order valence-electron chi connectivity index (χ3n) is 4.06. The number of aliphatic hydroxyl groups is 1. The fourth-order valence-corrected chi connectivity index (χ4v) is 3.58. The van der Waals surface area contributed by atoms with Gasteiger partial charge in [0, 0.05) is 18.8 Å². The maximum Gasteiger partial charge on any atom is 0.262 e. The molecule has 1 aromatic heterocycles. The fourth-order valence-electron chi connectivity index (χ4n) is 2.64. The average molecular weight is 383 g/mol. The second-order valence-electron chi connectivity index (χ2n) is 6.06. The number of para-hydroxylation sites is 2. The van der Waals surface area contributed by atoms with Gasteiger partial charge in [-0.3, -0.25) is 14.2 Å². The van der Waals surface area contributed by atoms with Crippen LogP contribution in [0.5, 0.6) is 0 Å². The first-order valence-corrected chi connectivity index (χ1v) is 9.61. The highest BCUT2D eigenvalue weighted by atomic mass is 32.2. The summed E-state index contributed by atoms with van der Waals surface area (Å²) in [7, 11) is 0. The van der Waals surface area contributed by atoms with E-state index in [-0.39, 0.29) is 18.1 Å². The first-order chi connectivity index (χ1) is 13.1. The minimum absolute atomic E-state index is 0.0204. The standard InChI is InChI=1S/C20H21N3O3S/c1-14(18(25)21-15-8-3-2-4-9-15)27-20-22-17-11-6-5-10-16(17)19(26)23(20)12-7-13-24/h2-6,8-11,14,24H,7,12-13H2,1H3,(H,21,25)/t14-/m1/s1. The Morgan fingerprint density at radius 3 is 2.63 bits per heavy atom. The van der Waals surface area contributed by atoms with E-state index in [1.807, 2.05) is 36.4 Å². The largest absolute Gasteiger partial charge is 0.396 e. The summed E-state index contributed by atoms with van der Waals surface area (Å²) in [6, 6.07) is 16.4. The maximum absolute atomic E-state index is 12.8. The van der Waals surface area contributed by atoms with Crippen molar-refractivity contribution in [2.75, 3.05) is 11.9 Å². The van der Waals surface area contributed by atoms with E-state index >= 15 is 0 Å². The predicted octanol–water partition coefficient (Wildman–Crippen LogP) is 2.90. The summed E-state index contributed by atoms with van der Waals surface area (Å²) >= 11 is 1.24. The lowest BCUT2D eigenvalue weighted by Gasteiger charge is -2.16. The number of aromatic nitrogens is 2. The summed E-state index contributed by atoms with van der Waals surface area (Å²) < 4.78 is 1.54. The number of fused-ring (bicyclic) bond motifs is 1. The molecule has 2 N–H and O–H groups in total. The lowest BCUT2D eigenvalue weighted by molar-refractivity contribution is -0.115. The minimum Gasteiger partial charge on any atom is -0.396 e. The maximum atomic E-state index is 12.8. The molecule has 0 aliphatic rings. The van der Waals surface area contributed by atoms with Crippen LogP contribution in [-0.4, -0.2) is 32.4 Å². The summed E-state index contributed by atoms with van der Waals surface area (Å²) in [5, 5.41) is 12.6. The van der Waals surface area contributed by atoms with E-state index in [1.54, 1.807) is 25.1 Å². The van der Waals surface area contributed by atoms with E-state index in [2.05, 4.69) is 10.3 Å². The van der Waals surface area contributed by atoms with Gasteiger partial charge in [0.25, 0.3) is 5.56 Å². The quantitative estimate of drug-likeness (QED) is 0.484. The highest BCUT2D eigenvalue weighted by Gasteiger charge is 2.19. The molecule has 140 valence electrons. The molecule has 7 heteroatoms. The van der Waals surface area contributed by atoms with E-state index in [9.17, 15) is 9.59 Å². The zero-order chi connectivity index (χ0) is 19.2. The third-order valence-corrected chi connectivity index (χ3v) is 5.15. The molecular formula is C20H21N3O3S. The predicted molar refractivity (Wildman–Crippen MR) is 108 cm³/mol. The number of rotatable bonds is 7. The summed E-state index contributed by atoms with van der Waals surface area (Å²) in [5.41, 5.74) is 1.16. The number of nitrogens with one attached hydrogen (secondary N) is 1. The molecule has 6 nitrogen and oxygen atoms in total. The van der Waals surface area contributed by atoms with E-state index < -0.39 is 5.25 Å². The Balaban J connectivity index is 1.88. The van der Waals surface area contributed by atoms with Crippen LogP contribution in [0.1, 0.15) is 13.3 Å². The molecule has 0 radical (unpaired) electrons. The fraction of sp³-hybridized carbons (Fsp3) is 0.250. The van der Waals surface area contributed by atoms with Crippen molar-refractivity contribution >= 4 is 34.3 Å². The first-order valence-electron chi connectivity index (χ1n) is 8.73.